The number of sulfonamides is 1. The van der Waals surface area contributed by atoms with Crippen LogP contribution in [0.15, 0.2) is 17.0 Å². The second kappa shape index (κ2) is 5.55. The molecule has 2 bridgehead atoms. The number of nitrogens with zero attached hydrogens (tertiary/aromatic N) is 1. The summed E-state index contributed by atoms with van der Waals surface area (Å²) >= 11 is 18.0. The van der Waals surface area contributed by atoms with Gasteiger partial charge in [-0.05, 0) is 37.8 Å². The van der Waals surface area contributed by atoms with Crippen LogP contribution in [0.3, 0.4) is 0 Å². The lowest BCUT2D eigenvalue weighted by atomic mass is 10.0. The van der Waals surface area contributed by atoms with Crippen LogP contribution in [-0.2, 0) is 10.0 Å². The monoisotopic (exact) mass is 368 g/mol. The quantitative estimate of drug-likeness (QED) is 0.870. The minimum Gasteiger partial charge on any atom is -0.328 e. The van der Waals surface area contributed by atoms with Gasteiger partial charge in [-0.1, -0.05) is 34.8 Å². The molecule has 8 heteroatoms. The number of nitrogens with two attached hydrogens (primary N) is 1. The molecule has 2 saturated heterocycles. The summed E-state index contributed by atoms with van der Waals surface area (Å²) in [6, 6.07) is 2.74. The van der Waals surface area contributed by atoms with Crippen LogP contribution in [0.4, 0.5) is 0 Å². The van der Waals surface area contributed by atoms with E-state index in [2.05, 4.69) is 0 Å². The Morgan fingerprint density at radius 2 is 1.52 bits per heavy atom. The molecule has 0 aliphatic carbocycles. The summed E-state index contributed by atoms with van der Waals surface area (Å²) in [6.45, 7) is 0. The molecule has 2 atom stereocenters. The molecule has 0 amide bonds. The van der Waals surface area contributed by atoms with Gasteiger partial charge in [-0.2, -0.15) is 4.31 Å². The molecule has 21 heavy (non-hydrogen) atoms. The third-order valence-electron chi connectivity index (χ3n) is 4.20. The van der Waals surface area contributed by atoms with Gasteiger partial charge in [0.05, 0.1) is 10.0 Å². The number of hydrogen-bond acceptors (Lipinski definition) is 3. The molecule has 3 rings (SSSR count). The fourth-order valence-corrected chi connectivity index (χ4v) is 6.84. The van der Waals surface area contributed by atoms with E-state index in [1.54, 1.807) is 4.31 Å². The molecule has 0 aromatic heterocycles. The van der Waals surface area contributed by atoms with Crippen molar-refractivity contribution in [2.24, 2.45) is 5.73 Å². The summed E-state index contributed by atoms with van der Waals surface area (Å²) in [4.78, 5) is -0.0531. The Balaban J connectivity index is 2.06. The van der Waals surface area contributed by atoms with E-state index >= 15 is 0 Å². The topological polar surface area (TPSA) is 63.4 Å². The fourth-order valence-electron chi connectivity index (χ4n) is 3.45. The normalized spacial score (nSPS) is 29.8. The Kier molecular flexibility index (Phi) is 4.19. The van der Waals surface area contributed by atoms with Gasteiger partial charge in [0.15, 0.2) is 0 Å². The van der Waals surface area contributed by atoms with Crippen molar-refractivity contribution in [3.63, 3.8) is 0 Å². The highest BCUT2D eigenvalue weighted by molar-refractivity contribution is 7.89. The first kappa shape index (κ1) is 15.8. The molecule has 116 valence electrons. The van der Waals surface area contributed by atoms with Crippen LogP contribution >= 0.6 is 34.8 Å². The third kappa shape index (κ3) is 2.69. The lowest BCUT2D eigenvalue weighted by Gasteiger charge is -2.36. The van der Waals surface area contributed by atoms with Gasteiger partial charge in [0.25, 0.3) is 0 Å². The fraction of sp³-hybridized carbons (Fsp3) is 0.538. The van der Waals surface area contributed by atoms with Gasteiger partial charge in [0.1, 0.15) is 4.90 Å². The van der Waals surface area contributed by atoms with Crippen molar-refractivity contribution in [1.29, 1.82) is 0 Å². The average molecular weight is 370 g/mol. The molecule has 0 spiro atoms. The van der Waals surface area contributed by atoms with Gasteiger partial charge in [0.2, 0.25) is 10.0 Å². The van der Waals surface area contributed by atoms with Crippen molar-refractivity contribution in [1.82, 2.24) is 4.31 Å². The molecular formula is C13H15Cl3N2O2S. The van der Waals surface area contributed by atoms with E-state index in [9.17, 15) is 8.42 Å². The van der Waals surface area contributed by atoms with Crippen LogP contribution < -0.4 is 5.73 Å². The van der Waals surface area contributed by atoms with Crippen LogP contribution in [0.5, 0.6) is 0 Å². The van der Waals surface area contributed by atoms with Crippen molar-refractivity contribution in [2.75, 3.05) is 0 Å². The first-order valence-corrected chi connectivity index (χ1v) is 9.31. The highest BCUT2D eigenvalue weighted by Crippen LogP contribution is 2.42. The second-order valence-electron chi connectivity index (χ2n) is 5.65. The molecule has 2 aliphatic rings. The molecule has 0 radical (unpaired) electrons. The van der Waals surface area contributed by atoms with Crippen LogP contribution in [0.25, 0.3) is 0 Å². The van der Waals surface area contributed by atoms with Gasteiger partial charge in [-0.15, -0.1) is 0 Å². The molecule has 2 fully saturated rings. The minimum absolute atomic E-state index is 0.0531. The van der Waals surface area contributed by atoms with Gasteiger partial charge in [0, 0.05) is 23.1 Å². The summed E-state index contributed by atoms with van der Waals surface area (Å²) in [5, 5.41) is 0.427. The first-order valence-electron chi connectivity index (χ1n) is 6.74. The van der Waals surface area contributed by atoms with E-state index in [1.165, 1.54) is 12.1 Å². The molecular weight excluding hydrogens is 355 g/mol. The zero-order valence-corrected chi connectivity index (χ0v) is 14.2. The Hall–Kier alpha value is -0.0400. The molecule has 1 aromatic rings. The van der Waals surface area contributed by atoms with Crippen LogP contribution in [0.2, 0.25) is 15.1 Å². The summed E-state index contributed by atoms with van der Waals surface area (Å²) in [5.41, 5.74) is 5.99. The van der Waals surface area contributed by atoms with E-state index < -0.39 is 10.0 Å². The van der Waals surface area contributed by atoms with E-state index in [1.807, 2.05) is 0 Å². The van der Waals surface area contributed by atoms with Crippen LogP contribution in [0.1, 0.15) is 25.7 Å². The Bertz CT molecular complexity index is 643. The predicted octanol–water partition coefficient (Wildman–Crippen LogP) is 3.29. The Labute approximate surface area is 139 Å². The second-order valence-corrected chi connectivity index (χ2v) is 8.68. The number of piperidine rings is 1. The molecule has 2 heterocycles. The maximum Gasteiger partial charge on any atom is 0.246 e. The Morgan fingerprint density at radius 3 is 2.00 bits per heavy atom. The van der Waals surface area contributed by atoms with Gasteiger partial charge in [-0.25, -0.2) is 8.42 Å². The van der Waals surface area contributed by atoms with Crippen LogP contribution in [0, 0.1) is 0 Å². The average Bonchev–Trinajstić information content (AvgIpc) is 2.61. The third-order valence-corrected chi connectivity index (χ3v) is 7.35. The lowest BCUT2D eigenvalue weighted by molar-refractivity contribution is 0.227. The summed E-state index contributed by atoms with van der Waals surface area (Å²) in [5.74, 6) is 0. The van der Waals surface area contributed by atoms with Crippen LogP contribution in [-0.4, -0.2) is 30.8 Å². The molecule has 0 saturated carbocycles. The standard InChI is InChI=1S/C13H15Cl3N2O2S/c14-7-3-11(15)13(12(16)4-7)21(19,20)18-9-1-2-10(18)6-8(17)5-9/h3-4,8-10H,1-2,5-6,17H2. The highest BCUT2D eigenvalue weighted by Gasteiger charge is 2.47. The summed E-state index contributed by atoms with van der Waals surface area (Å²) in [6.07, 6.45) is 3.03. The number of hydrogen-bond donors (Lipinski definition) is 1. The van der Waals surface area contributed by atoms with Gasteiger partial charge in [-0.3, -0.25) is 0 Å². The number of benzene rings is 1. The summed E-state index contributed by atoms with van der Waals surface area (Å²) in [7, 11) is -3.74. The summed E-state index contributed by atoms with van der Waals surface area (Å²) < 4.78 is 27.5. The minimum atomic E-state index is -3.74. The molecule has 2 aliphatic heterocycles. The first-order chi connectivity index (χ1) is 9.80. The molecule has 4 nitrogen and oxygen atoms in total. The number of halogens is 3. The zero-order chi connectivity index (χ0) is 15.4. The Morgan fingerprint density at radius 1 is 1.05 bits per heavy atom. The zero-order valence-electron chi connectivity index (χ0n) is 11.1. The largest absolute Gasteiger partial charge is 0.328 e. The predicted molar refractivity (Wildman–Crippen MR) is 84.5 cm³/mol. The lowest BCUT2D eigenvalue weighted by Crippen LogP contribution is -2.50. The maximum absolute atomic E-state index is 13.0. The van der Waals surface area contributed by atoms with E-state index in [-0.39, 0.29) is 33.1 Å². The number of rotatable bonds is 2. The van der Waals surface area contributed by atoms with Crippen molar-refractivity contribution < 1.29 is 8.42 Å². The smallest absolute Gasteiger partial charge is 0.246 e. The van der Waals surface area contributed by atoms with Crippen molar-refractivity contribution >= 4 is 44.8 Å². The van der Waals surface area contributed by atoms with Gasteiger partial charge >= 0.3 is 0 Å². The van der Waals surface area contributed by atoms with Crippen molar-refractivity contribution in [3.05, 3.63) is 27.2 Å². The van der Waals surface area contributed by atoms with E-state index in [0.29, 0.717) is 17.9 Å². The number of fused-ring (bicyclic) bond motifs is 2. The van der Waals surface area contributed by atoms with E-state index in [0.717, 1.165) is 12.8 Å². The van der Waals surface area contributed by atoms with Crippen molar-refractivity contribution in [3.8, 4) is 0 Å². The van der Waals surface area contributed by atoms with E-state index in [4.69, 9.17) is 40.5 Å². The molecule has 1 aromatic carbocycles. The highest BCUT2D eigenvalue weighted by atomic mass is 35.5. The maximum atomic E-state index is 13.0. The molecule has 2 N–H and O–H groups in total. The van der Waals surface area contributed by atoms with Gasteiger partial charge < -0.3 is 5.73 Å². The van der Waals surface area contributed by atoms with Crippen molar-refractivity contribution in [2.45, 2.75) is 48.7 Å². The SMILES string of the molecule is NC1CC2CCC(C1)N2S(=O)(=O)c1c(Cl)cc(Cl)cc1Cl. The molecule has 2 unspecified atom stereocenters.